The molecule has 0 spiro atoms. The van der Waals surface area contributed by atoms with Crippen LogP contribution in [0.3, 0.4) is 0 Å². The van der Waals surface area contributed by atoms with Gasteiger partial charge >= 0.3 is 0 Å². The molecule has 4 nitrogen and oxygen atoms in total. The topological polar surface area (TPSA) is 50.4 Å². The molecule has 2 N–H and O–H groups in total. The van der Waals surface area contributed by atoms with Gasteiger partial charge in [0.2, 0.25) is 5.91 Å². The number of hydrogen-bond acceptors (Lipinski definition) is 3. The molecule has 0 radical (unpaired) electrons. The van der Waals surface area contributed by atoms with Crippen molar-refractivity contribution < 1.29 is 9.53 Å². The van der Waals surface area contributed by atoms with Crippen LogP contribution in [0.4, 0.5) is 5.69 Å². The lowest BCUT2D eigenvalue weighted by atomic mass is 9.89. The molecule has 2 aliphatic heterocycles. The second-order valence-electron chi connectivity index (χ2n) is 6.96. The normalized spacial score (nSPS) is 26.0. The number of hydrogen-bond donors (Lipinski definition) is 2. The first kappa shape index (κ1) is 16.3. The second-order valence-corrected chi connectivity index (χ2v) is 6.96. The molecule has 4 heteroatoms. The van der Waals surface area contributed by atoms with Gasteiger partial charge in [-0.05, 0) is 50.2 Å². The Labute approximate surface area is 139 Å². The number of carbonyl (C=O) groups excluding carboxylic acids is 1. The number of rotatable bonds is 7. The second kappa shape index (κ2) is 7.82. The average molecular weight is 316 g/mol. The molecule has 2 heterocycles. The zero-order chi connectivity index (χ0) is 16.1. The number of benzene rings is 1. The number of piperidine rings is 1. The van der Waals surface area contributed by atoms with Crippen molar-refractivity contribution in [1.29, 1.82) is 0 Å². The molecule has 1 aromatic carbocycles. The highest BCUT2D eigenvalue weighted by molar-refractivity contribution is 5.91. The quantitative estimate of drug-likeness (QED) is 0.754. The fourth-order valence-electron chi connectivity index (χ4n) is 3.81. The summed E-state index contributed by atoms with van der Waals surface area (Å²) in [5, 5.41) is 6.66. The molecule has 2 bridgehead atoms. The molecule has 2 unspecified atom stereocenters. The van der Waals surface area contributed by atoms with E-state index < -0.39 is 0 Å². The van der Waals surface area contributed by atoms with E-state index in [2.05, 4.69) is 17.6 Å². The molecule has 3 rings (SSSR count). The van der Waals surface area contributed by atoms with Crippen molar-refractivity contribution in [2.45, 2.75) is 64.0 Å². The molecule has 2 aliphatic rings. The predicted molar refractivity (Wildman–Crippen MR) is 92.8 cm³/mol. The molecule has 2 fully saturated rings. The Morgan fingerprint density at radius 2 is 2.09 bits per heavy atom. The third-order valence-corrected chi connectivity index (χ3v) is 4.93. The van der Waals surface area contributed by atoms with Gasteiger partial charge in [0.25, 0.3) is 0 Å². The van der Waals surface area contributed by atoms with Gasteiger partial charge in [-0.15, -0.1) is 0 Å². The first-order chi connectivity index (χ1) is 11.2. The minimum Gasteiger partial charge on any atom is -0.494 e. The monoisotopic (exact) mass is 316 g/mol. The van der Waals surface area contributed by atoms with Crippen molar-refractivity contribution in [1.82, 2.24) is 5.32 Å². The summed E-state index contributed by atoms with van der Waals surface area (Å²) in [4.78, 5) is 12.3. The van der Waals surface area contributed by atoms with Crippen molar-refractivity contribution in [2.24, 2.45) is 5.92 Å². The summed E-state index contributed by atoms with van der Waals surface area (Å²) in [6.07, 6.45) is 7.65. The highest BCUT2D eigenvalue weighted by Gasteiger charge is 2.34. The fourth-order valence-corrected chi connectivity index (χ4v) is 3.81. The average Bonchev–Trinajstić information content (AvgIpc) is 2.86. The van der Waals surface area contributed by atoms with Crippen molar-refractivity contribution >= 4 is 11.6 Å². The van der Waals surface area contributed by atoms with E-state index in [1.54, 1.807) is 0 Å². The van der Waals surface area contributed by atoms with Crippen molar-refractivity contribution in [3.8, 4) is 5.75 Å². The zero-order valence-electron chi connectivity index (χ0n) is 14.0. The number of anilines is 1. The molecular weight excluding hydrogens is 288 g/mol. The van der Waals surface area contributed by atoms with Crippen molar-refractivity contribution in [3.05, 3.63) is 24.3 Å². The first-order valence-corrected chi connectivity index (χ1v) is 9.01. The Morgan fingerprint density at radius 1 is 1.30 bits per heavy atom. The smallest absolute Gasteiger partial charge is 0.224 e. The van der Waals surface area contributed by atoms with Crippen LogP contribution in [0.2, 0.25) is 0 Å². The Morgan fingerprint density at radius 3 is 2.83 bits per heavy atom. The van der Waals surface area contributed by atoms with Gasteiger partial charge in [-0.2, -0.15) is 0 Å². The Hall–Kier alpha value is -1.55. The maximum Gasteiger partial charge on any atom is 0.224 e. The maximum absolute atomic E-state index is 12.3. The zero-order valence-corrected chi connectivity index (χ0v) is 14.0. The SMILES string of the molecule is CCCCOc1cccc(NC(=O)CC2CC3CCC(C2)N3)c1. The van der Waals surface area contributed by atoms with Gasteiger partial charge in [0.05, 0.1) is 6.61 Å². The summed E-state index contributed by atoms with van der Waals surface area (Å²) in [6, 6.07) is 9.00. The van der Waals surface area contributed by atoms with Crippen LogP contribution in [0, 0.1) is 5.92 Å². The maximum atomic E-state index is 12.3. The van der Waals surface area contributed by atoms with Crippen LogP contribution < -0.4 is 15.4 Å². The molecule has 1 aromatic rings. The highest BCUT2D eigenvalue weighted by atomic mass is 16.5. The third kappa shape index (κ3) is 4.71. The van der Waals surface area contributed by atoms with Gasteiger partial charge in [0.15, 0.2) is 0 Å². The van der Waals surface area contributed by atoms with E-state index >= 15 is 0 Å². The van der Waals surface area contributed by atoms with Crippen LogP contribution in [0.1, 0.15) is 51.9 Å². The van der Waals surface area contributed by atoms with E-state index in [1.807, 2.05) is 24.3 Å². The van der Waals surface area contributed by atoms with Crippen molar-refractivity contribution in [3.63, 3.8) is 0 Å². The van der Waals surface area contributed by atoms with Crippen LogP contribution in [-0.4, -0.2) is 24.6 Å². The lowest BCUT2D eigenvalue weighted by Gasteiger charge is -2.28. The summed E-state index contributed by atoms with van der Waals surface area (Å²) in [7, 11) is 0. The number of unbranched alkanes of at least 4 members (excludes halogenated alkanes) is 1. The molecular formula is C19H28N2O2. The van der Waals surface area contributed by atoms with E-state index in [-0.39, 0.29) is 5.91 Å². The van der Waals surface area contributed by atoms with E-state index in [9.17, 15) is 4.79 Å². The van der Waals surface area contributed by atoms with Gasteiger partial charge in [0, 0.05) is 30.3 Å². The molecule has 126 valence electrons. The van der Waals surface area contributed by atoms with Gasteiger partial charge in [0.1, 0.15) is 5.75 Å². The van der Waals surface area contributed by atoms with E-state index in [0.717, 1.165) is 43.7 Å². The summed E-state index contributed by atoms with van der Waals surface area (Å²) >= 11 is 0. The Kier molecular flexibility index (Phi) is 5.55. The molecule has 0 aliphatic carbocycles. The minimum absolute atomic E-state index is 0.127. The van der Waals surface area contributed by atoms with Gasteiger partial charge in [-0.25, -0.2) is 0 Å². The summed E-state index contributed by atoms with van der Waals surface area (Å²) < 4.78 is 5.70. The summed E-state index contributed by atoms with van der Waals surface area (Å²) in [5.74, 6) is 1.48. The summed E-state index contributed by atoms with van der Waals surface area (Å²) in [6.45, 7) is 2.87. The van der Waals surface area contributed by atoms with E-state index in [4.69, 9.17) is 4.74 Å². The number of ether oxygens (including phenoxy) is 1. The summed E-state index contributed by atoms with van der Waals surface area (Å²) in [5.41, 5.74) is 0.834. The van der Waals surface area contributed by atoms with Crippen LogP contribution in [0.5, 0.6) is 5.75 Å². The molecule has 1 amide bonds. The lowest BCUT2D eigenvalue weighted by molar-refractivity contribution is -0.117. The highest BCUT2D eigenvalue weighted by Crippen LogP contribution is 2.32. The molecule has 2 saturated heterocycles. The fraction of sp³-hybridized carbons (Fsp3) is 0.632. The minimum atomic E-state index is 0.127. The lowest BCUT2D eigenvalue weighted by Crippen LogP contribution is -2.39. The van der Waals surface area contributed by atoms with Gasteiger partial charge < -0.3 is 15.4 Å². The Bertz CT molecular complexity index is 520. The molecule has 2 atom stereocenters. The van der Waals surface area contributed by atoms with Crippen molar-refractivity contribution in [2.75, 3.05) is 11.9 Å². The predicted octanol–water partition coefficient (Wildman–Crippen LogP) is 3.72. The first-order valence-electron chi connectivity index (χ1n) is 9.01. The van der Waals surface area contributed by atoms with E-state index in [1.165, 1.54) is 12.8 Å². The van der Waals surface area contributed by atoms with E-state index in [0.29, 0.717) is 24.4 Å². The molecule has 0 aromatic heterocycles. The number of nitrogens with one attached hydrogen (secondary N) is 2. The Balaban J connectivity index is 1.48. The van der Waals surface area contributed by atoms with Gasteiger partial charge in [-0.1, -0.05) is 19.4 Å². The van der Waals surface area contributed by atoms with Crippen LogP contribution in [0.25, 0.3) is 0 Å². The molecule has 23 heavy (non-hydrogen) atoms. The van der Waals surface area contributed by atoms with Crippen LogP contribution in [-0.2, 0) is 4.79 Å². The number of fused-ring (bicyclic) bond motifs is 2. The third-order valence-electron chi connectivity index (χ3n) is 4.93. The number of carbonyl (C=O) groups is 1. The largest absolute Gasteiger partial charge is 0.494 e. The molecule has 0 saturated carbocycles. The van der Waals surface area contributed by atoms with Crippen LogP contribution >= 0.6 is 0 Å². The van der Waals surface area contributed by atoms with Crippen LogP contribution in [0.15, 0.2) is 24.3 Å². The van der Waals surface area contributed by atoms with Gasteiger partial charge in [-0.3, -0.25) is 4.79 Å². The standard InChI is InChI=1S/C19H28N2O2/c1-2-3-9-23-18-6-4-5-15(13-18)21-19(22)12-14-10-16-7-8-17(11-14)20-16/h4-6,13-14,16-17,20H,2-3,7-12H2,1H3,(H,21,22). The number of amides is 1.